The number of benzene rings is 1. The van der Waals surface area contributed by atoms with Crippen LogP contribution in [0.3, 0.4) is 0 Å². The number of hydrogen-bond donors (Lipinski definition) is 0. The summed E-state index contributed by atoms with van der Waals surface area (Å²) in [4.78, 5) is 0.223. The first-order valence-electron chi connectivity index (χ1n) is 7.87. The maximum atomic E-state index is 12.2. The first-order valence-corrected chi connectivity index (χ1v) is 10.4. The average Bonchev–Trinajstić information content (AvgIpc) is 2.54. The molecule has 1 aliphatic rings. The van der Waals surface area contributed by atoms with Crippen LogP contribution in [0.2, 0.25) is 0 Å². The van der Waals surface area contributed by atoms with Crippen LogP contribution >= 0.6 is 22.6 Å². The normalized spacial score (nSPS) is 17.3. The molecule has 126 valence electrons. The minimum Gasteiger partial charge on any atom is -0.312 e. The summed E-state index contributed by atoms with van der Waals surface area (Å²) < 4.78 is 33.5. The van der Waals surface area contributed by atoms with Gasteiger partial charge in [-0.25, -0.2) is 0 Å². The smallest absolute Gasteiger partial charge is 0.297 e. The summed E-state index contributed by atoms with van der Waals surface area (Å²) in [6.07, 6.45) is 3.60. The Labute approximate surface area is 153 Å². The summed E-state index contributed by atoms with van der Waals surface area (Å²) in [6, 6.07) is 6.75. The number of quaternary nitrogens is 1. The van der Waals surface area contributed by atoms with Crippen LogP contribution in [0.15, 0.2) is 29.2 Å². The summed E-state index contributed by atoms with van der Waals surface area (Å²) in [7, 11) is -3.67. The predicted molar refractivity (Wildman–Crippen MR) is 99.7 cm³/mol. The van der Waals surface area contributed by atoms with Crippen LogP contribution < -0.4 is 0 Å². The van der Waals surface area contributed by atoms with Crippen LogP contribution in [0, 0.1) is 16.8 Å². The number of nitrogens with zero attached hydrogens (tertiary/aromatic N) is 1. The van der Waals surface area contributed by atoms with E-state index in [-0.39, 0.29) is 11.5 Å². The Kier molecular flexibility index (Phi) is 6.89. The second-order valence-electron chi connectivity index (χ2n) is 6.09. The molecule has 0 bridgehead atoms. The van der Waals surface area contributed by atoms with Gasteiger partial charge in [-0.05, 0) is 48.2 Å². The molecule has 1 fully saturated rings. The van der Waals surface area contributed by atoms with E-state index in [9.17, 15) is 8.42 Å². The highest BCUT2D eigenvalue weighted by Crippen LogP contribution is 2.19. The van der Waals surface area contributed by atoms with Crippen LogP contribution in [0.1, 0.15) is 24.8 Å². The molecule has 0 amide bonds. The van der Waals surface area contributed by atoms with Gasteiger partial charge in [0.2, 0.25) is 0 Å². The van der Waals surface area contributed by atoms with Gasteiger partial charge < -0.3 is 4.48 Å². The molecule has 0 aliphatic carbocycles. The number of hydrogen-bond acceptors (Lipinski definition) is 3. The van der Waals surface area contributed by atoms with Crippen LogP contribution in [-0.2, 0) is 14.3 Å². The molecule has 2 rings (SSSR count). The fraction of sp³-hybridized carbons (Fsp3) is 0.529. The van der Waals surface area contributed by atoms with E-state index < -0.39 is 10.1 Å². The van der Waals surface area contributed by atoms with Gasteiger partial charge in [0.05, 0.1) is 18.0 Å². The van der Waals surface area contributed by atoms with Gasteiger partial charge in [0.1, 0.15) is 19.7 Å². The topological polar surface area (TPSA) is 43.4 Å². The lowest BCUT2D eigenvalue weighted by atomic mass is 10.1. The lowest BCUT2D eigenvalue weighted by Gasteiger charge is -2.39. The third-order valence-corrected chi connectivity index (χ3v) is 6.07. The van der Waals surface area contributed by atoms with Crippen molar-refractivity contribution in [3.63, 3.8) is 0 Å². The van der Waals surface area contributed by atoms with E-state index in [1.807, 2.05) is 6.92 Å². The Morgan fingerprint density at radius 2 is 1.83 bits per heavy atom. The van der Waals surface area contributed by atoms with E-state index in [2.05, 4.69) is 32.4 Å². The Bertz CT molecular complexity index is 668. The maximum absolute atomic E-state index is 12.2. The summed E-state index contributed by atoms with van der Waals surface area (Å²) in [5.41, 5.74) is 1.03. The number of rotatable bonds is 6. The van der Waals surface area contributed by atoms with E-state index in [4.69, 9.17) is 4.18 Å². The van der Waals surface area contributed by atoms with Gasteiger partial charge in [-0.3, -0.25) is 4.18 Å². The van der Waals surface area contributed by atoms with E-state index in [0.717, 1.165) is 29.7 Å². The Balaban J connectivity index is 1.97. The van der Waals surface area contributed by atoms with Gasteiger partial charge in [-0.15, -0.1) is 0 Å². The number of aryl methyl sites for hydroxylation is 1. The van der Waals surface area contributed by atoms with Gasteiger partial charge in [0.15, 0.2) is 0 Å². The van der Waals surface area contributed by atoms with Crippen molar-refractivity contribution >= 4 is 32.7 Å². The lowest BCUT2D eigenvalue weighted by Crippen LogP contribution is -2.53. The molecule has 0 spiro atoms. The zero-order chi connectivity index (χ0) is 16.8. The Hall–Kier alpha value is -0.620. The summed E-state index contributed by atoms with van der Waals surface area (Å²) >= 11 is 2.05. The molecular formula is C17H23INO3S+. The molecule has 1 aliphatic heterocycles. The molecule has 4 nitrogen and oxygen atoms in total. The summed E-state index contributed by atoms with van der Waals surface area (Å²) in [5.74, 6) is 3.15. The molecule has 1 aromatic carbocycles. The van der Waals surface area contributed by atoms with Gasteiger partial charge in [0.25, 0.3) is 10.1 Å². The molecule has 1 heterocycles. The van der Waals surface area contributed by atoms with E-state index in [0.29, 0.717) is 6.54 Å². The molecule has 0 saturated carbocycles. The van der Waals surface area contributed by atoms with Crippen LogP contribution in [0.4, 0.5) is 0 Å². The Morgan fingerprint density at radius 3 is 2.43 bits per heavy atom. The first kappa shape index (κ1) is 18.7. The molecule has 0 atom stereocenters. The fourth-order valence-corrected chi connectivity index (χ4v) is 4.02. The highest BCUT2D eigenvalue weighted by molar-refractivity contribution is 14.1. The molecular weight excluding hydrogens is 425 g/mol. The Morgan fingerprint density at radius 1 is 1.17 bits per heavy atom. The highest BCUT2D eigenvalue weighted by atomic mass is 127. The number of piperidine rings is 1. The van der Waals surface area contributed by atoms with Gasteiger partial charge in [-0.1, -0.05) is 17.7 Å². The van der Waals surface area contributed by atoms with Crippen molar-refractivity contribution < 1.29 is 17.1 Å². The SMILES string of the molecule is Cc1ccc(S(=O)(=O)OCC[N+]2(CC#CI)CCCCC2)cc1. The van der Waals surface area contributed by atoms with E-state index in [1.54, 1.807) is 24.3 Å². The second-order valence-corrected chi connectivity index (χ2v) is 8.25. The minimum absolute atomic E-state index is 0.207. The van der Waals surface area contributed by atoms with Gasteiger partial charge in [-0.2, -0.15) is 8.42 Å². The molecule has 1 aromatic rings. The largest absolute Gasteiger partial charge is 0.312 e. The average molecular weight is 448 g/mol. The summed E-state index contributed by atoms with van der Waals surface area (Å²) in [5, 5.41) is 0. The zero-order valence-corrected chi connectivity index (χ0v) is 16.4. The monoisotopic (exact) mass is 448 g/mol. The third kappa shape index (κ3) is 5.45. The summed E-state index contributed by atoms with van der Waals surface area (Å²) in [6.45, 7) is 5.71. The highest BCUT2D eigenvalue weighted by Gasteiger charge is 2.29. The molecule has 0 unspecified atom stereocenters. The quantitative estimate of drug-likeness (QED) is 0.291. The standard InChI is InChI=1S/C17H23INO3S/c1-16-6-8-17(9-7-16)23(20,21)22-15-14-19(13-5-10-18)11-3-2-4-12-19/h6-9H,2-4,11-15H2,1H3/q+1. The molecule has 23 heavy (non-hydrogen) atoms. The van der Waals surface area contributed by atoms with Gasteiger partial charge in [0, 0.05) is 22.6 Å². The van der Waals surface area contributed by atoms with Gasteiger partial charge >= 0.3 is 0 Å². The molecule has 1 saturated heterocycles. The minimum atomic E-state index is -3.67. The fourth-order valence-electron chi connectivity index (χ4n) is 2.95. The van der Waals surface area contributed by atoms with Crippen molar-refractivity contribution in [2.75, 3.05) is 32.8 Å². The van der Waals surface area contributed by atoms with Crippen molar-refractivity contribution in [3.05, 3.63) is 29.8 Å². The van der Waals surface area contributed by atoms with Crippen LogP contribution in [0.25, 0.3) is 0 Å². The third-order valence-electron chi connectivity index (χ3n) is 4.36. The first-order chi connectivity index (χ1) is 11.0. The van der Waals surface area contributed by atoms with Crippen molar-refractivity contribution in [2.24, 2.45) is 0 Å². The zero-order valence-electron chi connectivity index (χ0n) is 13.4. The molecule has 6 heteroatoms. The molecule has 0 aromatic heterocycles. The van der Waals surface area contributed by atoms with Crippen molar-refractivity contribution in [2.45, 2.75) is 31.1 Å². The van der Waals surface area contributed by atoms with Crippen LogP contribution in [-0.4, -0.2) is 45.7 Å². The van der Waals surface area contributed by atoms with E-state index in [1.165, 1.54) is 19.3 Å². The second kappa shape index (κ2) is 8.47. The number of likely N-dealkylation sites (tertiary alicyclic amines) is 1. The predicted octanol–water partition coefficient (Wildman–Crippen LogP) is 3.10. The van der Waals surface area contributed by atoms with Crippen molar-refractivity contribution in [1.82, 2.24) is 0 Å². The van der Waals surface area contributed by atoms with Crippen molar-refractivity contribution in [3.8, 4) is 9.85 Å². The van der Waals surface area contributed by atoms with E-state index >= 15 is 0 Å². The maximum Gasteiger partial charge on any atom is 0.297 e. The lowest BCUT2D eigenvalue weighted by molar-refractivity contribution is -0.925. The van der Waals surface area contributed by atoms with Crippen LogP contribution in [0.5, 0.6) is 0 Å². The molecule has 0 N–H and O–H groups in total. The number of halogens is 1. The van der Waals surface area contributed by atoms with Crippen molar-refractivity contribution in [1.29, 1.82) is 0 Å². The molecule has 0 radical (unpaired) electrons.